The van der Waals surface area contributed by atoms with E-state index in [9.17, 15) is 17.8 Å². The molecule has 1 unspecified atom stereocenters. The quantitative estimate of drug-likeness (QED) is 0.924. The Hall–Kier alpha value is -1.30. The molecule has 0 saturated heterocycles. The molecule has 0 fully saturated rings. The summed E-state index contributed by atoms with van der Waals surface area (Å²) in [6.07, 6.45) is 0. The summed E-state index contributed by atoms with van der Waals surface area (Å²) in [5.41, 5.74) is -0.0842. The Morgan fingerprint density at radius 3 is 2.21 bits per heavy atom. The predicted molar refractivity (Wildman–Crippen MR) is 71.5 cm³/mol. The average molecular weight is 289 g/mol. The van der Waals surface area contributed by atoms with Gasteiger partial charge in [-0.2, -0.15) is 0 Å². The number of amides is 1. The summed E-state index contributed by atoms with van der Waals surface area (Å²) < 4.78 is 37.2. The Morgan fingerprint density at radius 2 is 1.74 bits per heavy atom. The van der Waals surface area contributed by atoms with E-state index >= 15 is 0 Å². The van der Waals surface area contributed by atoms with Crippen LogP contribution in [-0.2, 0) is 10.8 Å². The van der Waals surface area contributed by atoms with Gasteiger partial charge in [0.1, 0.15) is 11.6 Å². The molecule has 1 atom stereocenters. The number of hydrogen-bond acceptors (Lipinski definition) is 2. The fraction of sp³-hybridized carbons (Fsp3) is 0.462. The summed E-state index contributed by atoms with van der Waals surface area (Å²) in [4.78, 5) is 11.6. The minimum Gasteiger partial charge on any atom is -0.351 e. The molecule has 1 aromatic carbocycles. The summed E-state index contributed by atoms with van der Waals surface area (Å²) in [7, 11) is -1.08. The van der Waals surface area contributed by atoms with E-state index in [1.807, 2.05) is 20.8 Å². The Labute approximate surface area is 113 Å². The predicted octanol–water partition coefficient (Wildman–Crippen LogP) is 2.24. The SMILES string of the molecule is CC(C)(C)S(=O)CCNC(=O)c1cc(F)cc(F)c1. The van der Waals surface area contributed by atoms with E-state index in [1.54, 1.807) is 0 Å². The van der Waals surface area contributed by atoms with Gasteiger partial charge in [0, 0.05) is 39.5 Å². The maximum Gasteiger partial charge on any atom is 0.251 e. The first kappa shape index (κ1) is 15.8. The lowest BCUT2D eigenvalue weighted by Gasteiger charge is -2.17. The summed E-state index contributed by atoms with van der Waals surface area (Å²) in [6, 6.07) is 2.61. The van der Waals surface area contributed by atoms with Crippen molar-refractivity contribution in [2.45, 2.75) is 25.5 Å². The third-order valence-corrected chi connectivity index (χ3v) is 4.32. The summed E-state index contributed by atoms with van der Waals surface area (Å²) in [5.74, 6) is -1.89. The second-order valence-electron chi connectivity index (χ2n) is 5.08. The summed E-state index contributed by atoms with van der Waals surface area (Å²) >= 11 is 0. The molecule has 0 aliphatic rings. The number of benzene rings is 1. The molecule has 0 aliphatic heterocycles. The van der Waals surface area contributed by atoms with E-state index in [-0.39, 0.29) is 16.9 Å². The van der Waals surface area contributed by atoms with Crippen LogP contribution in [0.2, 0.25) is 0 Å². The second kappa shape index (κ2) is 6.23. The molecule has 0 aromatic heterocycles. The molecule has 6 heteroatoms. The van der Waals surface area contributed by atoms with Crippen LogP contribution in [0.1, 0.15) is 31.1 Å². The van der Waals surface area contributed by atoms with Gasteiger partial charge < -0.3 is 5.32 Å². The number of hydrogen-bond donors (Lipinski definition) is 1. The molecule has 0 bridgehead atoms. The molecule has 1 N–H and O–H groups in total. The number of carbonyl (C=O) groups is 1. The van der Waals surface area contributed by atoms with Crippen LogP contribution in [0, 0.1) is 11.6 Å². The third kappa shape index (κ3) is 5.06. The number of halogens is 2. The fourth-order valence-corrected chi connectivity index (χ4v) is 2.25. The minimum absolute atomic E-state index is 0.0842. The molecular formula is C13H17F2NO2S. The van der Waals surface area contributed by atoms with Gasteiger partial charge in [-0.25, -0.2) is 8.78 Å². The van der Waals surface area contributed by atoms with Gasteiger partial charge in [0.05, 0.1) is 0 Å². The number of rotatable bonds is 4. The van der Waals surface area contributed by atoms with E-state index in [4.69, 9.17) is 0 Å². The van der Waals surface area contributed by atoms with E-state index in [1.165, 1.54) is 0 Å². The van der Waals surface area contributed by atoms with E-state index in [0.29, 0.717) is 11.8 Å². The van der Waals surface area contributed by atoms with E-state index in [2.05, 4.69) is 5.32 Å². The molecule has 0 heterocycles. The molecule has 1 amide bonds. The molecule has 0 radical (unpaired) electrons. The van der Waals surface area contributed by atoms with Crippen molar-refractivity contribution >= 4 is 16.7 Å². The molecule has 3 nitrogen and oxygen atoms in total. The highest BCUT2D eigenvalue weighted by molar-refractivity contribution is 7.86. The fourth-order valence-electron chi connectivity index (χ4n) is 1.35. The first-order valence-electron chi connectivity index (χ1n) is 5.83. The largest absolute Gasteiger partial charge is 0.351 e. The zero-order chi connectivity index (χ0) is 14.6. The van der Waals surface area contributed by atoms with Crippen LogP contribution in [0.25, 0.3) is 0 Å². The highest BCUT2D eigenvalue weighted by Crippen LogP contribution is 2.11. The van der Waals surface area contributed by atoms with Crippen molar-refractivity contribution in [2.24, 2.45) is 0 Å². The van der Waals surface area contributed by atoms with Crippen LogP contribution in [-0.4, -0.2) is 27.2 Å². The Balaban J connectivity index is 2.55. The van der Waals surface area contributed by atoms with Crippen molar-refractivity contribution in [2.75, 3.05) is 12.3 Å². The molecule has 1 rings (SSSR count). The van der Waals surface area contributed by atoms with E-state index in [0.717, 1.165) is 12.1 Å². The number of carbonyl (C=O) groups excluding carboxylic acids is 1. The van der Waals surface area contributed by atoms with Crippen molar-refractivity contribution in [1.82, 2.24) is 5.32 Å². The lowest BCUT2D eigenvalue weighted by atomic mass is 10.2. The molecule has 106 valence electrons. The van der Waals surface area contributed by atoms with Crippen molar-refractivity contribution in [3.63, 3.8) is 0 Å². The van der Waals surface area contributed by atoms with Gasteiger partial charge in [-0.1, -0.05) is 0 Å². The Bertz CT molecular complexity index is 478. The van der Waals surface area contributed by atoms with Crippen LogP contribution in [0.15, 0.2) is 18.2 Å². The van der Waals surface area contributed by atoms with Crippen LogP contribution in [0.5, 0.6) is 0 Å². The standard InChI is InChI=1S/C13H17F2NO2S/c1-13(2,3)19(18)5-4-16-12(17)9-6-10(14)8-11(15)7-9/h6-8H,4-5H2,1-3H3,(H,16,17). The molecule has 1 aromatic rings. The van der Waals surface area contributed by atoms with Crippen LogP contribution in [0.3, 0.4) is 0 Å². The molecular weight excluding hydrogens is 272 g/mol. The first-order chi connectivity index (χ1) is 8.70. The first-order valence-corrected chi connectivity index (χ1v) is 7.15. The van der Waals surface area contributed by atoms with Gasteiger partial charge >= 0.3 is 0 Å². The Kier molecular flexibility index (Phi) is 5.17. The normalized spacial score (nSPS) is 13.1. The lowest BCUT2D eigenvalue weighted by molar-refractivity contribution is 0.0955. The maximum atomic E-state index is 12.9. The minimum atomic E-state index is -1.08. The third-order valence-electron chi connectivity index (χ3n) is 2.38. The van der Waals surface area contributed by atoms with Crippen LogP contribution < -0.4 is 5.32 Å². The zero-order valence-electron chi connectivity index (χ0n) is 11.1. The second-order valence-corrected chi connectivity index (χ2v) is 7.40. The maximum absolute atomic E-state index is 12.9. The molecule has 0 aliphatic carbocycles. The molecule has 0 spiro atoms. The lowest BCUT2D eigenvalue weighted by Crippen LogP contribution is -2.32. The van der Waals surface area contributed by atoms with Gasteiger partial charge in [0.2, 0.25) is 0 Å². The van der Waals surface area contributed by atoms with Crippen LogP contribution >= 0.6 is 0 Å². The Morgan fingerprint density at radius 1 is 1.21 bits per heavy atom. The van der Waals surface area contributed by atoms with Gasteiger partial charge in [0.25, 0.3) is 5.91 Å². The van der Waals surface area contributed by atoms with E-state index < -0.39 is 28.3 Å². The van der Waals surface area contributed by atoms with Crippen molar-refractivity contribution in [1.29, 1.82) is 0 Å². The van der Waals surface area contributed by atoms with Crippen molar-refractivity contribution in [3.05, 3.63) is 35.4 Å². The topological polar surface area (TPSA) is 46.2 Å². The van der Waals surface area contributed by atoms with Gasteiger partial charge in [0.15, 0.2) is 0 Å². The number of nitrogens with one attached hydrogen (secondary N) is 1. The van der Waals surface area contributed by atoms with Gasteiger partial charge in [-0.3, -0.25) is 9.00 Å². The monoisotopic (exact) mass is 289 g/mol. The summed E-state index contributed by atoms with van der Waals surface area (Å²) in [5, 5.41) is 2.49. The summed E-state index contributed by atoms with van der Waals surface area (Å²) in [6.45, 7) is 5.72. The van der Waals surface area contributed by atoms with Gasteiger partial charge in [-0.15, -0.1) is 0 Å². The highest BCUT2D eigenvalue weighted by Gasteiger charge is 2.19. The van der Waals surface area contributed by atoms with Gasteiger partial charge in [-0.05, 0) is 32.9 Å². The zero-order valence-corrected chi connectivity index (χ0v) is 11.9. The van der Waals surface area contributed by atoms with Crippen molar-refractivity contribution in [3.8, 4) is 0 Å². The van der Waals surface area contributed by atoms with Crippen molar-refractivity contribution < 1.29 is 17.8 Å². The average Bonchev–Trinajstić information content (AvgIpc) is 2.26. The smallest absolute Gasteiger partial charge is 0.251 e. The highest BCUT2D eigenvalue weighted by atomic mass is 32.2. The van der Waals surface area contributed by atoms with Crippen LogP contribution in [0.4, 0.5) is 8.78 Å². The molecule has 0 saturated carbocycles. The molecule has 19 heavy (non-hydrogen) atoms.